The summed E-state index contributed by atoms with van der Waals surface area (Å²) in [7, 11) is 1.60. The Morgan fingerprint density at radius 3 is 2.58 bits per heavy atom. The number of rotatable bonds is 6. The van der Waals surface area contributed by atoms with Crippen LogP contribution < -0.4 is 20.3 Å². The Kier molecular flexibility index (Phi) is 5.41. The molecule has 1 aliphatic rings. The highest BCUT2D eigenvalue weighted by molar-refractivity contribution is 5.97. The average Bonchev–Trinajstić information content (AvgIpc) is 3.08. The summed E-state index contributed by atoms with van der Waals surface area (Å²) in [5, 5.41) is 6.06. The van der Waals surface area contributed by atoms with Crippen LogP contribution in [0.1, 0.15) is 19.8 Å². The minimum Gasteiger partial charge on any atom is -0.497 e. The monoisotopic (exact) mass is 353 g/mol. The lowest BCUT2D eigenvalue weighted by molar-refractivity contribution is -0.117. The van der Waals surface area contributed by atoms with Crippen molar-refractivity contribution in [3.63, 3.8) is 0 Å². The molecule has 6 nitrogen and oxygen atoms in total. The number of hydrogen-bond donors (Lipinski definition) is 2. The lowest BCUT2D eigenvalue weighted by Crippen LogP contribution is -2.32. The van der Waals surface area contributed by atoms with Gasteiger partial charge in [-0.1, -0.05) is 6.07 Å². The summed E-state index contributed by atoms with van der Waals surface area (Å²) < 4.78 is 5.11. The highest BCUT2D eigenvalue weighted by Crippen LogP contribution is 2.24. The van der Waals surface area contributed by atoms with Gasteiger partial charge in [0.15, 0.2) is 0 Å². The summed E-state index contributed by atoms with van der Waals surface area (Å²) in [6.45, 7) is 2.54. The van der Waals surface area contributed by atoms with Crippen LogP contribution in [0.4, 0.5) is 17.1 Å². The number of nitrogens with one attached hydrogen (secondary N) is 2. The van der Waals surface area contributed by atoms with Crippen molar-refractivity contribution >= 4 is 28.9 Å². The topological polar surface area (TPSA) is 70.7 Å². The Hall–Kier alpha value is -3.02. The van der Waals surface area contributed by atoms with Gasteiger partial charge in [0.05, 0.1) is 7.11 Å². The van der Waals surface area contributed by atoms with Gasteiger partial charge >= 0.3 is 0 Å². The Balaban J connectivity index is 1.62. The van der Waals surface area contributed by atoms with E-state index in [1.165, 1.54) is 0 Å². The van der Waals surface area contributed by atoms with Gasteiger partial charge in [0.2, 0.25) is 11.8 Å². The quantitative estimate of drug-likeness (QED) is 0.836. The van der Waals surface area contributed by atoms with Gasteiger partial charge in [0.25, 0.3) is 0 Å². The van der Waals surface area contributed by atoms with E-state index >= 15 is 0 Å². The molecule has 0 spiro atoms. The summed E-state index contributed by atoms with van der Waals surface area (Å²) in [5.74, 6) is 0.743. The first-order chi connectivity index (χ1) is 12.6. The van der Waals surface area contributed by atoms with Crippen LogP contribution in [0.15, 0.2) is 48.5 Å². The van der Waals surface area contributed by atoms with Crippen LogP contribution in [0, 0.1) is 0 Å². The molecule has 0 aliphatic carbocycles. The first kappa shape index (κ1) is 17.8. The number of benzene rings is 2. The number of methoxy groups -OCH3 is 1. The zero-order chi connectivity index (χ0) is 18.5. The van der Waals surface area contributed by atoms with Gasteiger partial charge in [-0.2, -0.15) is 0 Å². The van der Waals surface area contributed by atoms with E-state index in [1.807, 2.05) is 24.3 Å². The number of ether oxygens (including phenoxy) is 1. The zero-order valence-electron chi connectivity index (χ0n) is 15.0. The standard InChI is InChI=1S/C20H23N3O3/c1-14(20(25)22-15-8-10-18(26-2)11-9-15)21-16-5-3-6-17(13-16)23-12-4-7-19(23)24/h3,5-6,8-11,13-14,21H,4,7,12H2,1-2H3,(H,22,25). The van der Waals surface area contributed by atoms with Gasteiger partial charge in [-0.05, 0) is 55.8 Å². The van der Waals surface area contributed by atoms with Crippen molar-refractivity contribution in [1.82, 2.24) is 0 Å². The van der Waals surface area contributed by atoms with Gasteiger partial charge in [-0.25, -0.2) is 0 Å². The lowest BCUT2D eigenvalue weighted by Gasteiger charge is -2.19. The molecule has 6 heteroatoms. The number of anilines is 3. The maximum absolute atomic E-state index is 12.4. The molecule has 0 aromatic heterocycles. The van der Waals surface area contributed by atoms with E-state index in [0.717, 1.165) is 30.1 Å². The molecule has 1 fully saturated rings. The minimum atomic E-state index is -0.429. The summed E-state index contributed by atoms with van der Waals surface area (Å²) in [5.41, 5.74) is 2.38. The molecule has 1 aliphatic heterocycles. The second-order valence-electron chi connectivity index (χ2n) is 6.28. The molecule has 2 aromatic rings. The van der Waals surface area contributed by atoms with Gasteiger partial charge in [0, 0.05) is 30.0 Å². The molecule has 2 aromatic carbocycles. The van der Waals surface area contributed by atoms with Crippen molar-refractivity contribution in [1.29, 1.82) is 0 Å². The summed E-state index contributed by atoms with van der Waals surface area (Å²) in [4.78, 5) is 26.1. The van der Waals surface area contributed by atoms with Crippen molar-refractivity contribution in [2.45, 2.75) is 25.8 Å². The maximum Gasteiger partial charge on any atom is 0.246 e. The molecule has 26 heavy (non-hydrogen) atoms. The van der Waals surface area contributed by atoms with Crippen LogP contribution in [0.5, 0.6) is 5.75 Å². The second kappa shape index (κ2) is 7.91. The van der Waals surface area contributed by atoms with E-state index in [2.05, 4.69) is 10.6 Å². The molecule has 136 valence electrons. The first-order valence-corrected chi connectivity index (χ1v) is 8.69. The summed E-state index contributed by atoms with van der Waals surface area (Å²) in [6.07, 6.45) is 1.48. The smallest absolute Gasteiger partial charge is 0.246 e. The summed E-state index contributed by atoms with van der Waals surface area (Å²) in [6, 6.07) is 14.3. The fourth-order valence-corrected chi connectivity index (χ4v) is 2.93. The molecule has 1 heterocycles. The van der Waals surface area contributed by atoms with Crippen LogP contribution in [0.25, 0.3) is 0 Å². The molecule has 3 rings (SSSR count). The molecule has 0 radical (unpaired) electrons. The van der Waals surface area contributed by atoms with Crippen LogP contribution in [0.3, 0.4) is 0 Å². The molecule has 2 N–H and O–H groups in total. The highest BCUT2D eigenvalue weighted by Gasteiger charge is 2.22. The largest absolute Gasteiger partial charge is 0.497 e. The summed E-state index contributed by atoms with van der Waals surface area (Å²) >= 11 is 0. The predicted molar refractivity (Wildman–Crippen MR) is 103 cm³/mol. The molecule has 1 unspecified atom stereocenters. The fourth-order valence-electron chi connectivity index (χ4n) is 2.93. The predicted octanol–water partition coefficient (Wildman–Crippen LogP) is 3.26. The van der Waals surface area contributed by atoms with Crippen molar-refractivity contribution in [2.24, 2.45) is 0 Å². The third-order valence-electron chi connectivity index (χ3n) is 4.37. The molecule has 2 amide bonds. The Morgan fingerprint density at radius 2 is 1.92 bits per heavy atom. The number of nitrogens with zero attached hydrogens (tertiary/aromatic N) is 1. The van der Waals surface area contributed by atoms with Crippen LogP contribution in [0.2, 0.25) is 0 Å². The van der Waals surface area contributed by atoms with Crippen LogP contribution in [-0.2, 0) is 9.59 Å². The van der Waals surface area contributed by atoms with Crippen molar-refractivity contribution in [3.05, 3.63) is 48.5 Å². The molecule has 0 saturated carbocycles. The van der Waals surface area contributed by atoms with E-state index in [-0.39, 0.29) is 11.8 Å². The molecular formula is C20H23N3O3. The zero-order valence-corrected chi connectivity index (χ0v) is 15.0. The van der Waals surface area contributed by atoms with E-state index in [0.29, 0.717) is 12.1 Å². The fraction of sp³-hybridized carbons (Fsp3) is 0.300. The van der Waals surface area contributed by atoms with Crippen molar-refractivity contribution in [2.75, 3.05) is 29.2 Å². The van der Waals surface area contributed by atoms with E-state index in [9.17, 15) is 9.59 Å². The Bertz CT molecular complexity index is 789. The minimum absolute atomic E-state index is 0.141. The Morgan fingerprint density at radius 1 is 1.15 bits per heavy atom. The lowest BCUT2D eigenvalue weighted by atomic mass is 10.2. The number of amides is 2. The molecule has 1 atom stereocenters. The molecule has 1 saturated heterocycles. The van der Waals surface area contributed by atoms with Gasteiger partial charge in [0.1, 0.15) is 11.8 Å². The van der Waals surface area contributed by atoms with Crippen molar-refractivity contribution < 1.29 is 14.3 Å². The SMILES string of the molecule is COc1ccc(NC(=O)C(C)Nc2cccc(N3CCCC3=O)c2)cc1. The van der Waals surface area contributed by atoms with Crippen molar-refractivity contribution in [3.8, 4) is 5.75 Å². The number of hydrogen-bond acceptors (Lipinski definition) is 4. The third-order valence-corrected chi connectivity index (χ3v) is 4.37. The average molecular weight is 353 g/mol. The molecule has 0 bridgehead atoms. The van der Waals surface area contributed by atoms with Gasteiger partial charge in [-0.3, -0.25) is 9.59 Å². The van der Waals surface area contributed by atoms with Gasteiger partial charge in [-0.15, -0.1) is 0 Å². The highest BCUT2D eigenvalue weighted by atomic mass is 16.5. The van der Waals surface area contributed by atoms with E-state index < -0.39 is 6.04 Å². The normalized spacial score (nSPS) is 14.8. The van der Waals surface area contributed by atoms with Crippen LogP contribution in [-0.4, -0.2) is 31.5 Å². The Labute approximate surface area is 153 Å². The van der Waals surface area contributed by atoms with E-state index in [4.69, 9.17) is 4.74 Å². The number of carbonyl (C=O) groups is 2. The van der Waals surface area contributed by atoms with E-state index in [1.54, 1.807) is 43.2 Å². The van der Waals surface area contributed by atoms with Crippen LogP contribution >= 0.6 is 0 Å². The number of carbonyl (C=O) groups excluding carboxylic acids is 2. The first-order valence-electron chi connectivity index (χ1n) is 8.69. The third kappa shape index (κ3) is 4.14. The molecular weight excluding hydrogens is 330 g/mol. The second-order valence-corrected chi connectivity index (χ2v) is 6.28. The maximum atomic E-state index is 12.4. The van der Waals surface area contributed by atoms with Gasteiger partial charge < -0.3 is 20.3 Å².